The zero-order chi connectivity index (χ0) is 16.5. The Kier molecular flexibility index (Phi) is 6.06. The summed E-state index contributed by atoms with van der Waals surface area (Å²) in [6.07, 6.45) is 8.93. The summed E-state index contributed by atoms with van der Waals surface area (Å²) in [4.78, 5) is 15.8. The lowest BCUT2D eigenvalue weighted by atomic mass is 10.0. The van der Waals surface area contributed by atoms with Crippen LogP contribution in [0.25, 0.3) is 0 Å². The van der Waals surface area contributed by atoms with Gasteiger partial charge in [0.2, 0.25) is 11.8 Å². The number of nitrogens with zero attached hydrogens (tertiary/aromatic N) is 3. The van der Waals surface area contributed by atoms with E-state index >= 15 is 0 Å². The van der Waals surface area contributed by atoms with Gasteiger partial charge >= 0.3 is 0 Å². The molecule has 0 aliphatic carbocycles. The van der Waals surface area contributed by atoms with Gasteiger partial charge in [-0.3, -0.25) is 4.79 Å². The van der Waals surface area contributed by atoms with Crippen LogP contribution in [0.1, 0.15) is 24.8 Å². The molecule has 0 spiro atoms. The SMILES string of the molecule is C#CCCC1(CCNC(=O)COCc2ccc(OC)nc2)N=N1. The van der Waals surface area contributed by atoms with E-state index in [0.29, 0.717) is 31.9 Å². The number of carbonyl (C=O) groups excluding carboxylic acids is 1. The number of methoxy groups -OCH3 is 1. The number of rotatable bonds is 10. The largest absolute Gasteiger partial charge is 0.481 e. The Bertz CT molecular complexity index is 586. The van der Waals surface area contributed by atoms with Crippen molar-refractivity contribution in [2.75, 3.05) is 20.3 Å². The van der Waals surface area contributed by atoms with Crippen molar-refractivity contribution < 1.29 is 14.3 Å². The summed E-state index contributed by atoms with van der Waals surface area (Å²) in [6.45, 7) is 0.822. The van der Waals surface area contributed by atoms with Crippen molar-refractivity contribution in [2.24, 2.45) is 10.2 Å². The van der Waals surface area contributed by atoms with E-state index in [2.05, 4.69) is 26.4 Å². The first kappa shape index (κ1) is 16.9. The van der Waals surface area contributed by atoms with Crippen LogP contribution in [0.3, 0.4) is 0 Å². The molecule has 2 rings (SSSR count). The molecule has 1 aromatic heterocycles. The minimum absolute atomic E-state index is 0.00231. The lowest BCUT2D eigenvalue weighted by Gasteiger charge is -2.10. The van der Waals surface area contributed by atoms with Crippen molar-refractivity contribution in [1.82, 2.24) is 10.3 Å². The Labute approximate surface area is 135 Å². The maximum absolute atomic E-state index is 11.7. The molecule has 7 nitrogen and oxygen atoms in total. The molecule has 0 saturated heterocycles. The summed E-state index contributed by atoms with van der Waals surface area (Å²) in [6, 6.07) is 3.59. The molecule has 0 fully saturated rings. The molecule has 1 aliphatic rings. The fraction of sp³-hybridized carbons (Fsp3) is 0.500. The number of hydrogen-bond donors (Lipinski definition) is 1. The zero-order valence-electron chi connectivity index (χ0n) is 13.1. The molecular formula is C16H20N4O3. The Balaban J connectivity index is 1.57. The van der Waals surface area contributed by atoms with Gasteiger partial charge in [-0.15, -0.1) is 12.3 Å². The van der Waals surface area contributed by atoms with Crippen molar-refractivity contribution in [3.05, 3.63) is 23.9 Å². The Morgan fingerprint density at radius 1 is 1.39 bits per heavy atom. The molecule has 2 heterocycles. The number of pyridine rings is 1. The van der Waals surface area contributed by atoms with E-state index in [1.54, 1.807) is 19.4 Å². The fourth-order valence-electron chi connectivity index (χ4n) is 2.00. The van der Waals surface area contributed by atoms with Crippen LogP contribution in [0.15, 0.2) is 28.6 Å². The number of amides is 1. The Morgan fingerprint density at radius 2 is 2.22 bits per heavy atom. The highest BCUT2D eigenvalue weighted by Crippen LogP contribution is 2.35. The summed E-state index contributed by atoms with van der Waals surface area (Å²) in [7, 11) is 1.56. The minimum atomic E-state index is -0.366. The van der Waals surface area contributed by atoms with Gasteiger partial charge in [-0.05, 0) is 11.6 Å². The highest BCUT2D eigenvalue weighted by Gasteiger charge is 2.38. The van der Waals surface area contributed by atoms with Crippen LogP contribution in [0.2, 0.25) is 0 Å². The predicted octanol–water partition coefficient (Wildman–Crippen LogP) is 1.69. The van der Waals surface area contributed by atoms with Gasteiger partial charge in [0.25, 0.3) is 0 Å². The fourth-order valence-corrected chi connectivity index (χ4v) is 2.00. The molecule has 1 aliphatic heterocycles. The molecule has 0 saturated carbocycles. The van der Waals surface area contributed by atoms with Crippen molar-refractivity contribution in [2.45, 2.75) is 31.5 Å². The van der Waals surface area contributed by atoms with E-state index in [1.165, 1.54) is 0 Å². The van der Waals surface area contributed by atoms with Gasteiger partial charge in [0.15, 0.2) is 5.66 Å². The monoisotopic (exact) mass is 316 g/mol. The van der Waals surface area contributed by atoms with E-state index in [4.69, 9.17) is 15.9 Å². The number of hydrogen-bond acceptors (Lipinski definition) is 6. The van der Waals surface area contributed by atoms with E-state index < -0.39 is 0 Å². The smallest absolute Gasteiger partial charge is 0.246 e. The maximum atomic E-state index is 11.7. The highest BCUT2D eigenvalue weighted by molar-refractivity contribution is 5.77. The summed E-state index contributed by atoms with van der Waals surface area (Å²) in [5, 5.41) is 10.8. The third-order valence-corrected chi connectivity index (χ3v) is 3.41. The molecule has 122 valence electrons. The molecule has 0 radical (unpaired) electrons. The first-order chi connectivity index (χ1) is 11.2. The Morgan fingerprint density at radius 3 is 2.83 bits per heavy atom. The highest BCUT2D eigenvalue weighted by atomic mass is 16.5. The summed E-state index contributed by atoms with van der Waals surface area (Å²) in [5.74, 6) is 2.95. The van der Waals surface area contributed by atoms with Crippen LogP contribution in [0.5, 0.6) is 5.88 Å². The zero-order valence-corrected chi connectivity index (χ0v) is 13.1. The molecule has 0 unspecified atom stereocenters. The van der Waals surface area contributed by atoms with E-state index in [-0.39, 0.29) is 18.2 Å². The third kappa shape index (κ3) is 5.68. The van der Waals surface area contributed by atoms with E-state index in [0.717, 1.165) is 12.0 Å². The summed E-state index contributed by atoms with van der Waals surface area (Å²) < 4.78 is 10.3. The maximum Gasteiger partial charge on any atom is 0.246 e. The standard InChI is InChI=1S/C16H20N4O3/c1-3-4-7-16(19-20-16)8-9-17-14(21)12-23-11-13-5-6-15(22-2)18-10-13/h1,5-6,10H,4,7-9,11-12H2,2H3,(H,17,21). The molecule has 7 heteroatoms. The van der Waals surface area contributed by atoms with Gasteiger partial charge in [-0.25, -0.2) is 4.98 Å². The second-order valence-corrected chi connectivity index (χ2v) is 5.19. The van der Waals surface area contributed by atoms with Gasteiger partial charge in [-0.1, -0.05) is 0 Å². The number of ether oxygens (including phenoxy) is 2. The predicted molar refractivity (Wildman–Crippen MR) is 83.7 cm³/mol. The van der Waals surface area contributed by atoms with Gasteiger partial charge < -0.3 is 14.8 Å². The van der Waals surface area contributed by atoms with E-state index in [9.17, 15) is 4.79 Å². The first-order valence-corrected chi connectivity index (χ1v) is 7.38. The molecule has 0 atom stereocenters. The van der Waals surface area contributed by atoms with Crippen molar-refractivity contribution in [1.29, 1.82) is 0 Å². The van der Waals surface area contributed by atoms with Crippen LogP contribution in [-0.4, -0.2) is 36.8 Å². The minimum Gasteiger partial charge on any atom is -0.481 e. The topological polar surface area (TPSA) is 85.2 Å². The van der Waals surface area contributed by atoms with Gasteiger partial charge in [0.1, 0.15) is 6.61 Å². The number of terminal acetylenes is 1. The summed E-state index contributed by atoms with van der Waals surface area (Å²) >= 11 is 0. The average molecular weight is 316 g/mol. The molecule has 1 amide bonds. The molecule has 1 aromatic rings. The van der Waals surface area contributed by atoms with E-state index in [1.807, 2.05) is 6.07 Å². The second-order valence-electron chi connectivity index (χ2n) is 5.19. The first-order valence-electron chi connectivity index (χ1n) is 7.38. The number of aromatic nitrogens is 1. The van der Waals surface area contributed by atoms with Gasteiger partial charge in [-0.2, -0.15) is 10.2 Å². The van der Waals surface area contributed by atoms with Gasteiger partial charge in [0, 0.05) is 38.1 Å². The average Bonchev–Trinajstić information content (AvgIpc) is 3.34. The molecule has 0 bridgehead atoms. The van der Waals surface area contributed by atoms with Crippen molar-refractivity contribution >= 4 is 5.91 Å². The van der Waals surface area contributed by atoms with Crippen molar-refractivity contribution in [3.8, 4) is 18.2 Å². The third-order valence-electron chi connectivity index (χ3n) is 3.41. The van der Waals surface area contributed by atoms with Crippen LogP contribution in [0.4, 0.5) is 0 Å². The summed E-state index contributed by atoms with van der Waals surface area (Å²) in [5.41, 5.74) is 0.511. The quantitative estimate of drug-likeness (QED) is 0.666. The van der Waals surface area contributed by atoms with Crippen molar-refractivity contribution in [3.63, 3.8) is 0 Å². The van der Waals surface area contributed by atoms with Crippen LogP contribution in [0, 0.1) is 12.3 Å². The molecule has 23 heavy (non-hydrogen) atoms. The second kappa shape index (κ2) is 8.25. The van der Waals surface area contributed by atoms with Crippen LogP contribution >= 0.6 is 0 Å². The number of nitrogens with one attached hydrogen (secondary N) is 1. The van der Waals surface area contributed by atoms with Crippen LogP contribution in [-0.2, 0) is 16.1 Å². The lowest BCUT2D eigenvalue weighted by molar-refractivity contribution is -0.126. The molecular weight excluding hydrogens is 296 g/mol. The Hall–Kier alpha value is -2.46. The normalized spacial score (nSPS) is 14.1. The van der Waals surface area contributed by atoms with Crippen LogP contribution < -0.4 is 10.1 Å². The molecule has 1 N–H and O–H groups in total. The number of carbonyl (C=O) groups is 1. The lowest BCUT2D eigenvalue weighted by Crippen LogP contribution is -2.31. The molecule has 0 aromatic carbocycles. The van der Waals surface area contributed by atoms with Gasteiger partial charge in [0.05, 0.1) is 13.7 Å².